The fourth-order valence-corrected chi connectivity index (χ4v) is 4.87. The number of rotatable bonds is 7. The van der Waals surface area contributed by atoms with E-state index in [1.54, 1.807) is 0 Å². The number of benzene rings is 2. The summed E-state index contributed by atoms with van der Waals surface area (Å²) in [7, 11) is -3.80. The molecule has 2 N–H and O–H groups in total. The molecule has 2 aromatic carbocycles. The first-order valence-corrected chi connectivity index (χ1v) is 11.6. The zero-order valence-electron chi connectivity index (χ0n) is 18.0. The summed E-state index contributed by atoms with van der Waals surface area (Å²) in [6.07, 6.45) is 0.693. The monoisotopic (exact) mass is 482 g/mol. The first kappa shape index (κ1) is 24.6. The van der Waals surface area contributed by atoms with Crippen molar-refractivity contribution in [3.63, 3.8) is 0 Å². The average Bonchev–Trinajstić information content (AvgIpc) is 2.76. The molecule has 178 valence electrons. The van der Waals surface area contributed by atoms with Crippen molar-refractivity contribution in [1.82, 2.24) is 9.62 Å². The number of hydrogen-bond donors (Lipinski definition) is 2. The van der Waals surface area contributed by atoms with Crippen molar-refractivity contribution < 1.29 is 36.6 Å². The predicted molar refractivity (Wildman–Crippen MR) is 114 cm³/mol. The fourth-order valence-electron chi connectivity index (χ4n) is 3.40. The van der Waals surface area contributed by atoms with Gasteiger partial charge in [-0.3, -0.25) is 4.79 Å². The molecule has 0 saturated carbocycles. The van der Waals surface area contributed by atoms with Crippen LogP contribution in [0.1, 0.15) is 37.0 Å². The summed E-state index contributed by atoms with van der Waals surface area (Å²) >= 11 is 0. The van der Waals surface area contributed by atoms with Crippen molar-refractivity contribution in [1.29, 1.82) is 0 Å². The van der Waals surface area contributed by atoms with Crippen LogP contribution in [0.4, 0.5) is 8.78 Å². The van der Waals surface area contributed by atoms with Gasteiger partial charge >= 0.3 is 5.97 Å². The van der Waals surface area contributed by atoms with E-state index in [4.69, 9.17) is 9.84 Å². The molecular weight excluding hydrogens is 458 g/mol. The first-order chi connectivity index (χ1) is 15.4. The summed E-state index contributed by atoms with van der Waals surface area (Å²) < 4.78 is 59.3. The second-order valence-electron chi connectivity index (χ2n) is 8.17. The number of nitrogens with zero attached hydrogens (tertiary/aromatic N) is 1. The quantitative estimate of drug-likeness (QED) is 0.628. The number of piperidine rings is 1. The standard InChI is InChI=1S/C22H24F2N2O6S/c1-22(2,32-19-8-5-15(23)13-18(19)24)21(29)25-16-9-11-26(12-10-16)33(30,31)17-6-3-14(4-7-17)20(27)28/h3-8,13,16H,9-12H2,1-2H3,(H,25,29)(H,27,28). The number of halogens is 2. The minimum Gasteiger partial charge on any atom is -0.478 e. The number of ether oxygens (including phenoxy) is 1. The van der Waals surface area contributed by atoms with Gasteiger partial charge < -0.3 is 15.2 Å². The second-order valence-corrected chi connectivity index (χ2v) is 10.1. The van der Waals surface area contributed by atoms with Crippen molar-refractivity contribution in [2.75, 3.05) is 13.1 Å². The molecule has 8 nitrogen and oxygen atoms in total. The van der Waals surface area contributed by atoms with E-state index in [2.05, 4.69) is 5.32 Å². The van der Waals surface area contributed by atoms with Gasteiger partial charge in [0.1, 0.15) is 5.82 Å². The van der Waals surface area contributed by atoms with Crippen molar-refractivity contribution in [3.05, 3.63) is 59.7 Å². The van der Waals surface area contributed by atoms with Crippen LogP contribution in [0.5, 0.6) is 5.75 Å². The van der Waals surface area contributed by atoms with E-state index in [0.717, 1.165) is 12.1 Å². The van der Waals surface area contributed by atoms with E-state index >= 15 is 0 Å². The van der Waals surface area contributed by atoms with Crippen LogP contribution in [-0.2, 0) is 14.8 Å². The summed E-state index contributed by atoms with van der Waals surface area (Å²) in [5, 5.41) is 11.8. The maximum Gasteiger partial charge on any atom is 0.335 e. The number of nitrogens with one attached hydrogen (secondary N) is 1. The molecule has 33 heavy (non-hydrogen) atoms. The minimum absolute atomic E-state index is 0.00848. The smallest absolute Gasteiger partial charge is 0.335 e. The van der Waals surface area contributed by atoms with E-state index in [9.17, 15) is 26.8 Å². The topological polar surface area (TPSA) is 113 Å². The number of carboxylic acid groups (broad SMARTS) is 1. The SMILES string of the molecule is CC(C)(Oc1ccc(F)cc1F)C(=O)NC1CCN(S(=O)(=O)c2ccc(C(=O)O)cc2)CC1. The van der Waals surface area contributed by atoms with Crippen LogP contribution in [0, 0.1) is 11.6 Å². The lowest BCUT2D eigenvalue weighted by Crippen LogP contribution is -2.53. The lowest BCUT2D eigenvalue weighted by atomic mass is 10.0. The number of carbonyl (C=O) groups excluding carboxylic acids is 1. The molecule has 1 fully saturated rings. The zero-order valence-corrected chi connectivity index (χ0v) is 18.9. The highest BCUT2D eigenvalue weighted by molar-refractivity contribution is 7.89. The van der Waals surface area contributed by atoms with Crippen molar-refractivity contribution in [2.45, 2.75) is 43.2 Å². The molecular formula is C22H24F2N2O6S. The molecule has 2 aromatic rings. The van der Waals surface area contributed by atoms with Gasteiger partial charge in [0.05, 0.1) is 10.5 Å². The molecule has 0 bridgehead atoms. The molecule has 1 heterocycles. The average molecular weight is 483 g/mol. The molecule has 3 rings (SSSR count). The molecule has 1 aliphatic rings. The largest absolute Gasteiger partial charge is 0.478 e. The van der Waals surface area contributed by atoms with Gasteiger partial charge in [0.15, 0.2) is 17.2 Å². The Morgan fingerprint density at radius 3 is 2.24 bits per heavy atom. The van der Waals surface area contributed by atoms with Crippen LogP contribution in [0.2, 0.25) is 0 Å². The number of sulfonamides is 1. The van der Waals surface area contributed by atoms with Gasteiger partial charge in [-0.05, 0) is 63.1 Å². The molecule has 0 aliphatic carbocycles. The Balaban J connectivity index is 1.58. The summed E-state index contributed by atoms with van der Waals surface area (Å²) in [6, 6.07) is 7.43. The third-order valence-electron chi connectivity index (χ3n) is 5.33. The molecule has 0 atom stereocenters. The summed E-state index contributed by atoms with van der Waals surface area (Å²) in [4.78, 5) is 23.6. The van der Waals surface area contributed by atoms with Crippen LogP contribution in [0.25, 0.3) is 0 Å². The van der Waals surface area contributed by atoms with E-state index < -0.39 is 39.1 Å². The fraction of sp³-hybridized carbons (Fsp3) is 0.364. The van der Waals surface area contributed by atoms with E-state index in [1.165, 1.54) is 42.4 Å². The molecule has 0 aromatic heterocycles. The molecule has 1 amide bonds. The highest BCUT2D eigenvalue weighted by atomic mass is 32.2. The van der Waals surface area contributed by atoms with Crippen LogP contribution in [-0.4, -0.2) is 54.4 Å². The summed E-state index contributed by atoms with van der Waals surface area (Å²) in [6.45, 7) is 3.21. The second kappa shape index (κ2) is 9.44. The predicted octanol–water partition coefficient (Wildman–Crippen LogP) is 2.79. The third kappa shape index (κ3) is 5.66. The Morgan fingerprint density at radius 1 is 1.09 bits per heavy atom. The molecule has 11 heteroatoms. The Hall–Kier alpha value is -3.05. The number of carbonyl (C=O) groups is 2. The lowest BCUT2D eigenvalue weighted by Gasteiger charge is -2.34. The lowest BCUT2D eigenvalue weighted by molar-refractivity contribution is -0.135. The third-order valence-corrected chi connectivity index (χ3v) is 7.25. The van der Waals surface area contributed by atoms with E-state index in [-0.39, 0.29) is 35.3 Å². The first-order valence-electron chi connectivity index (χ1n) is 10.2. The number of aromatic carboxylic acids is 1. The van der Waals surface area contributed by atoms with Gasteiger partial charge in [0.25, 0.3) is 5.91 Å². The Labute approximate surface area is 190 Å². The van der Waals surface area contributed by atoms with Gasteiger partial charge in [-0.1, -0.05) is 0 Å². The molecule has 0 radical (unpaired) electrons. The minimum atomic E-state index is -3.80. The summed E-state index contributed by atoms with van der Waals surface area (Å²) in [5.74, 6) is -3.61. The van der Waals surface area contributed by atoms with E-state index in [0.29, 0.717) is 18.9 Å². The Bertz CT molecular complexity index is 1140. The molecule has 0 spiro atoms. The van der Waals surface area contributed by atoms with Gasteiger partial charge in [-0.15, -0.1) is 0 Å². The molecule has 0 unspecified atom stereocenters. The van der Waals surface area contributed by atoms with Gasteiger partial charge in [0.2, 0.25) is 10.0 Å². The van der Waals surface area contributed by atoms with Crippen LogP contribution in [0.15, 0.2) is 47.4 Å². The molecule has 1 saturated heterocycles. The van der Waals surface area contributed by atoms with Crippen molar-refractivity contribution in [2.24, 2.45) is 0 Å². The summed E-state index contributed by atoms with van der Waals surface area (Å²) in [5.41, 5.74) is -1.46. The van der Waals surface area contributed by atoms with Gasteiger partial charge in [0, 0.05) is 25.2 Å². The van der Waals surface area contributed by atoms with Crippen molar-refractivity contribution >= 4 is 21.9 Å². The van der Waals surface area contributed by atoms with Gasteiger partial charge in [-0.2, -0.15) is 4.31 Å². The highest BCUT2D eigenvalue weighted by Gasteiger charge is 2.35. The maximum atomic E-state index is 13.9. The van der Waals surface area contributed by atoms with Crippen LogP contribution < -0.4 is 10.1 Å². The number of amides is 1. The number of carboxylic acids is 1. The number of hydrogen-bond acceptors (Lipinski definition) is 5. The zero-order chi connectivity index (χ0) is 24.4. The Kier molecular flexibility index (Phi) is 7.03. The Morgan fingerprint density at radius 2 is 1.70 bits per heavy atom. The normalized spacial score (nSPS) is 15.8. The van der Waals surface area contributed by atoms with Gasteiger partial charge in [-0.25, -0.2) is 22.0 Å². The molecule has 1 aliphatic heterocycles. The van der Waals surface area contributed by atoms with Crippen LogP contribution in [0.3, 0.4) is 0 Å². The van der Waals surface area contributed by atoms with Crippen molar-refractivity contribution in [3.8, 4) is 5.75 Å². The highest BCUT2D eigenvalue weighted by Crippen LogP contribution is 2.25. The van der Waals surface area contributed by atoms with Crippen LogP contribution >= 0.6 is 0 Å². The van der Waals surface area contributed by atoms with E-state index in [1.807, 2.05) is 0 Å². The maximum absolute atomic E-state index is 13.9.